The molecule has 0 aliphatic rings. The molecule has 25 heavy (non-hydrogen) atoms. The maximum atomic E-state index is 12.3. The van der Waals surface area contributed by atoms with E-state index >= 15 is 0 Å². The molecule has 0 aliphatic heterocycles. The van der Waals surface area contributed by atoms with Gasteiger partial charge in [-0.3, -0.25) is 0 Å². The number of carbonyl (C=O) groups excluding carboxylic acids is 2. The molecule has 0 aromatic rings. The first-order valence-corrected chi connectivity index (χ1v) is 8.67. The first kappa shape index (κ1) is 23.0. The number of rotatable bonds is 8. The highest BCUT2D eigenvalue weighted by molar-refractivity contribution is 5.82. The molecule has 0 saturated carbocycles. The van der Waals surface area contributed by atoms with Gasteiger partial charge >= 0.3 is 12.1 Å². The number of hydrogen-bond acceptors (Lipinski definition) is 5. The molecule has 0 spiro atoms. The van der Waals surface area contributed by atoms with Crippen molar-refractivity contribution in [2.75, 3.05) is 20.3 Å². The largest absolute Gasteiger partial charge is 0.494 e. The number of allylic oxidation sites excluding steroid dienone is 1. The van der Waals surface area contributed by atoms with Crippen LogP contribution in [0.2, 0.25) is 0 Å². The number of ether oxygens (including phenoxy) is 3. The fourth-order valence-electron chi connectivity index (χ4n) is 2.05. The molecule has 1 amide bonds. The van der Waals surface area contributed by atoms with Crippen molar-refractivity contribution in [1.29, 1.82) is 0 Å². The minimum absolute atomic E-state index is 0.152. The van der Waals surface area contributed by atoms with Gasteiger partial charge in [0.2, 0.25) is 0 Å². The van der Waals surface area contributed by atoms with Gasteiger partial charge in [0.25, 0.3) is 0 Å². The summed E-state index contributed by atoms with van der Waals surface area (Å²) < 4.78 is 15.8. The zero-order valence-corrected chi connectivity index (χ0v) is 16.8. The van der Waals surface area contributed by atoms with Crippen molar-refractivity contribution in [2.24, 2.45) is 5.92 Å². The summed E-state index contributed by atoms with van der Waals surface area (Å²) in [5.74, 6) is 0.0839. The Morgan fingerprint density at radius 1 is 1.08 bits per heavy atom. The zero-order valence-electron chi connectivity index (χ0n) is 16.8. The second kappa shape index (κ2) is 10.8. The van der Waals surface area contributed by atoms with Crippen LogP contribution in [-0.2, 0) is 19.0 Å². The maximum absolute atomic E-state index is 12.3. The molecule has 0 heterocycles. The number of likely N-dealkylation sites (N-methyl/N-ethyl adjacent to an activating group) is 1. The van der Waals surface area contributed by atoms with Gasteiger partial charge in [-0.25, -0.2) is 9.59 Å². The van der Waals surface area contributed by atoms with Gasteiger partial charge in [-0.05, 0) is 46.6 Å². The van der Waals surface area contributed by atoms with Crippen molar-refractivity contribution in [3.8, 4) is 0 Å². The summed E-state index contributed by atoms with van der Waals surface area (Å²) in [7, 11) is 1.69. The molecular weight excluding hydrogens is 322 g/mol. The predicted molar refractivity (Wildman–Crippen MR) is 98.1 cm³/mol. The Morgan fingerprint density at radius 2 is 1.64 bits per heavy atom. The van der Waals surface area contributed by atoms with E-state index in [-0.39, 0.29) is 12.0 Å². The number of carbonyl (C=O) groups is 2. The quantitative estimate of drug-likeness (QED) is 0.286. The van der Waals surface area contributed by atoms with Crippen molar-refractivity contribution in [1.82, 2.24) is 4.90 Å². The fraction of sp³-hybridized carbons (Fsp3) is 0.684. The van der Waals surface area contributed by atoms with Gasteiger partial charge < -0.3 is 19.1 Å². The Bertz CT molecular complexity index is 489. The van der Waals surface area contributed by atoms with Crippen LogP contribution in [0, 0.1) is 5.92 Å². The molecule has 1 atom stereocenters. The van der Waals surface area contributed by atoms with Gasteiger partial charge in [0, 0.05) is 7.05 Å². The van der Waals surface area contributed by atoms with Crippen molar-refractivity contribution >= 4 is 12.1 Å². The summed E-state index contributed by atoms with van der Waals surface area (Å²) in [5, 5.41) is 0. The highest BCUT2D eigenvalue weighted by Crippen LogP contribution is 2.17. The van der Waals surface area contributed by atoms with Crippen LogP contribution in [0.1, 0.15) is 48.5 Å². The SMILES string of the molecule is CCOC(=O)/C=C(/C=C/[C@@H](C(C)C)N(C)C(=O)OC(C)(C)C)OCC. The van der Waals surface area contributed by atoms with Gasteiger partial charge in [-0.2, -0.15) is 0 Å². The van der Waals surface area contributed by atoms with Gasteiger partial charge in [-0.1, -0.05) is 19.9 Å². The lowest BCUT2D eigenvalue weighted by Gasteiger charge is -2.31. The van der Waals surface area contributed by atoms with Gasteiger partial charge in [0.1, 0.15) is 11.4 Å². The molecule has 0 unspecified atom stereocenters. The lowest BCUT2D eigenvalue weighted by Crippen LogP contribution is -2.42. The van der Waals surface area contributed by atoms with Gasteiger partial charge in [0.05, 0.1) is 25.3 Å². The summed E-state index contributed by atoms with van der Waals surface area (Å²) in [6, 6.07) is -0.207. The Morgan fingerprint density at radius 3 is 2.08 bits per heavy atom. The van der Waals surface area contributed by atoms with Crippen LogP contribution in [-0.4, -0.2) is 48.9 Å². The summed E-state index contributed by atoms with van der Waals surface area (Å²) in [5.41, 5.74) is -0.559. The van der Waals surface area contributed by atoms with E-state index in [2.05, 4.69) is 0 Å². The second-order valence-electron chi connectivity index (χ2n) is 6.92. The Balaban J connectivity index is 5.28. The van der Waals surface area contributed by atoms with Crippen molar-refractivity contribution in [2.45, 2.75) is 60.1 Å². The lowest BCUT2D eigenvalue weighted by atomic mass is 10.0. The molecule has 0 aromatic heterocycles. The first-order chi connectivity index (χ1) is 11.5. The minimum Gasteiger partial charge on any atom is -0.494 e. The third-order valence-corrected chi connectivity index (χ3v) is 3.13. The van der Waals surface area contributed by atoms with Crippen LogP contribution < -0.4 is 0 Å². The smallest absolute Gasteiger partial charge is 0.410 e. The van der Waals surface area contributed by atoms with Crippen molar-refractivity contribution < 1.29 is 23.8 Å². The fourth-order valence-corrected chi connectivity index (χ4v) is 2.05. The van der Waals surface area contributed by atoms with E-state index in [9.17, 15) is 9.59 Å². The Hall–Kier alpha value is -1.98. The number of esters is 1. The standard InChI is InChI=1S/C19H33NO5/c1-9-23-15(13-17(21)24-10-2)11-12-16(14(3)4)20(8)18(22)25-19(5,6)7/h11-14,16H,9-10H2,1-8H3/b12-11+,15-13-/t16-/m0/s1. The summed E-state index contributed by atoms with van der Waals surface area (Å²) in [4.78, 5) is 25.4. The van der Waals surface area contributed by atoms with E-state index in [0.29, 0.717) is 19.0 Å². The third kappa shape index (κ3) is 9.79. The van der Waals surface area contributed by atoms with Crippen LogP contribution >= 0.6 is 0 Å². The molecule has 0 bridgehead atoms. The predicted octanol–water partition coefficient (Wildman–Crippen LogP) is 3.92. The Labute approximate surface area is 151 Å². The van der Waals surface area contributed by atoms with Crippen LogP contribution in [0.15, 0.2) is 24.0 Å². The van der Waals surface area contributed by atoms with Crippen LogP contribution in [0.5, 0.6) is 0 Å². The maximum Gasteiger partial charge on any atom is 0.410 e. The molecule has 0 rings (SSSR count). The molecule has 0 aromatic carbocycles. The van der Waals surface area contributed by atoms with Crippen LogP contribution in [0.25, 0.3) is 0 Å². The third-order valence-electron chi connectivity index (χ3n) is 3.13. The van der Waals surface area contributed by atoms with E-state index in [0.717, 1.165) is 0 Å². The van der Waals surface area contributed by atoms with Gasteiger partial charge in [0.15, 0.2) is 0 Å². The minimum atomic E-state index is -0.559. The highest BCUT2D eigenvalue weighted by Gasteiger charge is 2.25. The summed E-state index contributed by atoms with van der Waals surface area (Å²) in [6.07, 6.45) is 4.42. The van der Waals surface area contributed by atoms with E-state index in [1.165, 1.54) is 6.08 Å². The Kier molecular flexibility index (Phi) is 9.94. The van der Waals surface area contributed by atoms with Crippen molar-refractivity contribution in [3.63, 3.8) is 0 Å². The van der Waals surface area contributed by atoms with E-state index < -0.39 is 17.7 Å². The zero-order chi connectivity index (χ0) is 19.6. The average Bonchev–Trinajstić information content (AvgIpc) is 2.45. The van der Waals surface area contributed by atoms with Gasteiger partial charge in [-0.15, -0.1) is 0 Å². The molecule has 6 nitrogen and oxygen atoms in total. The van der Waals surface area contributed by atoms with Crippen molar-refractivity contribution in [3.05, 3.63) is 24.0 Å². The highest BCUT2D eigenvalue weighted by atomic mass is 16.6. The number of amides is 1. The normalized spacial score (nSPS) is 13.7. The summed E-state index contributed by atoms with van der Waals surface area (Å²) in [6.45, 7) is 13.8. The van der Waals surface area contributed by atoms with E-state index in [4.69, 9.17) is 14.2 Å². The molecular formula is C19H33NO5. The van der Waals surface area contributed by atoms with Crippen LogP contribution in [0.4, 0.5) is 4.79 Å². The molecule has 144 valence electrons. The molecule has 0 radical (unpaired) electrons. The van der Waals surface area contributed by atoms with Crippen LogP contribution in [0.3, 0.4) is 0 Å². The first-order valence-electron chi connectivity index (χ1n) is 8.67. The molecule has 6 heteroatoms. The lowest BCUT2D eigenvalue weighted by molar-refractivity contribution is -0.137. The second-order valence-corrected chi connectivity index (χ2v) is 6.92. The number of hydrogen-bond donors (Lipinski definition) is 0. The van der Waals surface area contributed by atoms with E-state index in [1.807, 2.05) is 47.6 Å². The molecule has 0 aliphatic carbocycles. The molecule has 0 saturated heterocycles. The summed E-state index contributed by atoms with van der Waals surface area (Å²) >= 11 is 0. The number of nitrogens with zero attached hydrogens (tertiary/aromatic N) is 1. The topological polar surface area (TPSA) is 65.1 Å². The monoisotopic (exact) mass is 355 g/mol. The molecule has 0 N–H and O–H groups in total. The van der Waals surface area contributed by atoms with E-state index in [1.54, 1.807) is 24.9 Å². The average molecular weight is 355 g/mol. The molecule has 0 fully saturated rings.